The number of nitrogens with zero attached hydrogens (tertiary/aromatic N) is 1. The van der Waals surface area contributed by atoms with Crippen molar-refractivity contribution >= 4 is 60.4 Å². The van der Waals surface area contributed by atoms with Crippen molar-refractivity contribution in [1.29, 1.82) is 0 Å². The number of aryl methyl sites for hydroxylation is 1. The summed E-state index contributed by atoms with van der Waals surface area (Å²) in [4.78, 5) is 0. The number of hydrogen-bond donors (Lipinski definition) is 0. The Bertz CT molecular complexity index is 3530. The highest BCUT2D eigenvalue weighted by molar-refractivity contribution is 6.21. The quantitative estimate of drug-likeness (QED) is 0.159. The fourth-order valence-corrected chi connectivity index (χ4v) is 10.2. The van der Waals surface area contributed by atoms with Crippen LogP contribution in [0, 0.1) is 0 Å². The molecule has 0 spiro atoms. The van der Waals surface area contributed by atoms with Crippen LogP contribution in [0.4, 0.5) is 0 Å². The Balaban J connectivity index is 0.998. The molecule has 2 heteroatoms. The normalized spacial score (nSPS) is 12.9. The number of allylic oxidation sites excluding steroid dienone is 1. The van der Waals surface area contributed by atoms with E-state index in [9.17, 15) is 0 Å². The average molecular weight is 796 g/mol. The van der Waals surface area contributed by atoms with Gasteiger partial charge in [0.15, 0.2) is 0 Å². The van der Waals surface area contributed by atoms with Gasteiger partial charge in [-0.15, -0.1) is 0 Å². The highest BCUT2D eigenvalue weighted by Crippen LogP contribution is 2.45. The molecule has 0 radical (unpaired) electrons. The summed E-state index contributed by atoms with van der Waals surface area (Å²) >= 11 is 0. The lowest BCUT2D eigenvalue weighted by atomic mass is 9.86. The molecule has 2 aromatic heterocycles. The summed E-state index contributed by atoms with van der Waals surface area (Å²) in [5.41, 5.74) is 16.9. The van der Waals surface area contributed by atoms with E-state index in [1.807, 2.05) is 0 Å². The highest BCUT2D eigenvalue weighted by Gasteiger charge is 2.22. The first-order valence-electron chi connectivity index (χ1n) is 21.9. The predicted molar refractivity (Wildman–Crippen MR) is 263 cm³/mol. The van der Waals surface area contributed by atoms with E-state index < -0.39 is 0 Å². The standard InChI is InChI=1S/C60H45NO/c1-60(2,3)43-30-34-55-53(37-43)52-36-41(40-17-13-18-42(35-40)45-24-14-25-51-46-19-11-12-26-56(46)62-59(45)51)29-33-54(52)61(55)44-31-27-39(28-32-44)58-49-22-9-7-20-47(49)57(38-15-5-4-6-16-38)48-21-8-10-23-50(48)58/h4-10,12-18,20-37H,11,19H2,1-3H3. The fraction of sp³-hybridized carbons (Fsp3) is 0.100. The van der Waals surface area contributed by atoms with Crippen molar-refractivity contribution in [2.24, 2.45) is 0 Å². The molecule has 12 rings (SSSR count). The van der Waals surface area contributed by atoms with Crippen LogP contribution >= 0.6 is 0 Å². The molecule has 9 aromatic carbocycles. The number of furan rings is 1. The second kappa shape index (κ2) is 14.1. The molecule has 11 aromatic rings. The van der Waals surface area contributed by atoms with Crippen molar-refractivity contribution < 1.29 is 4.42 Å². The van der Waals surface area contributed by atoms with E-state index in [4.69, 9.17) is 4.42 Å². The number of aromatic nitrogens is 1. The third-order valence-electron chi connectivity index (χ3n) is 13.2. The topological polar surface area (TPSA) is 18.1 Å². The number of hydrogen-bond acceptors (Lipinski definition) is 1. The molecule has 0 saturated heterocycles. The number of fused-ring (bicyclic) bond motifs is 8. The lowest BCUT2D eigenvalue weighted by Crippen LogP contribution is -2.10. The molecular formula is C60H45NO. The minimum absolute atomic E-state index is 0.0136. The fourth-order valence-electron chi connectivity index (χ4n) is 10.2. The molecule has 0 N–H and O–H groups in total. The summed E-state index contributed by atoms with van der Waals surface area (Å²) in [6, 6.07) is 67.4. The molecule has 1 aliphatic carbocycles. The minimum Gasteiger partial charge on any atom is -0.456 e. The zero-order valence-corrected chi connectivity index (χ0v) is 35.2. The number of para-hydroxylation sites is 1. The van der Waals surface area contributed by atoms with Gasteiger partial charge in [0, 0.05) is 33.0 Å². The van der Waals surface area contributed by atoms with Crippen molar-refractivity contribution in [2.75, 3.05) is 0 Å². The maximum Gasteiger partial charge on any atom is 0.142 e. The number of benzene rings is 9. The van der Waals surface area contributed by atoms with Gasteiger partial charge < -0.3 is 8.98 Å². The van der Waals surface area contributed by atoms with Crippen molar-refractivity contribution in [3.63, 3.8) is 0 Å². The second-order valence-corrected chi connectivity index (χ2v) is 18.0. The monoisotopic (exact) mass is 795 g/mol. The molecule has 62 heavy (non-hydrogen) atoms. The third-order valence-corrected chi connectivity index (χ3v) is 13.2. The Morgan fingerprint density at radius 3 is 1.69 bits per heavy atom. The van der Waals surface area contributed by atoms with Gasteiger partial charge in [0.25, 0.3) is 0 Å². The molecule has 0 saturated carbocycles. The maximum absolute atomic E-state index is 6.51. The summed E-state index contributed by atoms with van der Waals surface area (Å²) in [5.74, 6) is 1.00. The Morgan fingerprint density at radius 2 is 1.00 bits per heavy atom. The van der Waals surface area contributed by atoms with Crippen LogP contribution in [0.2, 0.25) is 0 Å². The SMILES string of the molecule is CC(C)(C)c1ccc2c(c1)c1cc(-c3cccc(-c4cccc5c6c(oc45)C=CCC6)c3)ccc1n2-c1ccc(-c2c3ccccc3c(-c3ccccc3)c3ccccc23)cc1. The van der Waals surface area contributed by atoms with Gasteiger partial charge in [-0.3, -0.25) is 0 Å². The summed E-state index contributed by atoms with van der Waals surface area (Å²) in [6.45, 7) is 6.90. The van der Waals surface area contributed by atoms with Crippen LogP contribution in [0.15, 0.2) is 192 Å². The van der Waals surface area contributed by atoms with Crippen molar-refractivity contribution in [1.82, 2.24) is 4.57 Å². The van der Waals surface area contributed by atoms with Gasteiger partial charge in [0.05, 0.1) is 11.0 Å². The molecule has 0 atom stereocenters. The van der Waals surface area contributed by atoms with Crippen molar-refractivity contribution in [2.45, 2.75) is 39.0 Å². The Kier molecular flexibility index (Phi) is 8.27. The summed E-state index contributed by atoms with van der Waals surface area (Å²) in [5, 5.41) is 8.80. The van der Waals surface area contributed by atoms with Gasteiger partial charge >= 0.3 is 0 Å². The van der Waals surface area contributed by atoms with Crippen LogP contribution in [-0.2, 0) is 11.8 Å². The van der Waals surface area contributed by atoms with E-state index in [0.717, 1.165) is 41.0 Å². The third kappa shape index (κ3) is 5.78. The van der Waals surface area contributed by atoms with Gasteiger partial charge in [0.1, 0.15) is 11.3 Å². The molecule has 296 valence electrons. The molecule has 0 aliphatic heterocycles. The molecule has 2 heterocycles. The molecule has 0 unspecified atom stereocenters. The first kappa shape index (κ1) is 36.4. The Labute approximate surface area is 362 Å². The first-order valence-corrected chi connectivity index (χ1v) is 21.9. The van der Waals surface area contributed by atoms with Gasteiger partial charge in [0.2, 0.25) is 0 Å². The van der Waals surface area contributed by atoms with Gasteiger partial charge in [-0.2, -0.15) is 0 Å². The van der Waals surface area contributed by atoms with Crippen LogP contribution in [0.3, 0.4) is 0 Å². The minimum atomic E-state index is 0.0136. The van der Waals surface area contributed by atoms with E-state index in [0.29, 0.717) is 0 Å². The Morgan fingerprint density at radius 1 is 0.452 bits per heavy atom. The van der Waals surface area contributed by atoms with Crippen molar-refractivity contribution in [3.8, 4) is 50.2 Å². The number of rotatable bonds is 5. The van der Waals surface area contributed by atoms with E-state index in [1.54, 1.807) is 0 Å². The van der Waals surface area contributed by atoms with Crippen LogP contribution in [0.5, 0.6) is 0 Å². The summed E-state index contributed by atoms with van der Waals surface area (Å²) < 4.78 is 8.96. The zero-order chi connectivity index (χ0) is 41.5. The van der Waals surface area contributed by atoms with Crippen molar-refractivity contribution in [3.05, 3.63) is 205 Å². The summed E-state index contributed by atoms with van der Waals surface area (Å²) in [6.07, 6.45) is 6.43. The lowest BCUT2D eigenvalue weighted by Gasteiger charge is -2.19. The second-order valence-electron chi connectivity index (χ2n) is 18.0. The van der Waals surface area contributed by atoms with Crippen LogP contribution < -0.4 is 0 Å². The maximum atomic E-state index is 6.51. The van der Waals surface area contributed by atoms with Gasteiger partial charge in [-0.05, 0) is 133 Å². The summed E-state index contributed by atoms with van der Waals surface area (Å²) in [7, 11) is 0. The molecule has 0 amide bonds. The molecule has 0 fully saturated rings. The van der Waals surface area contributed by atoms with E-state index in [-0.39, 0.29) is 5.41 Å². The predicted octanol–water partition coefficient (Wildman–Crippen LogP) is 16.8. The lowest BCUT2D eigenvalue weighted by molar-refractivity contribution is 0.591. The largest absolute Gasteiger partial charge is 0.456 e. The van der Waals surface area contributed by atoms with Crippen LogP contribution in [-0.4, -0.2) is 4.57 Å². The van der Waals surface area contributed by atoms with E-state index in [1.165, 1.54) is 93.2 Å². The highest BCUT2D eigenvalue weighted by atomic mass is 16.3. The molecular weight excluding hydrogens is 751 g/mol. The molecule has 0 bridgehead atoms. The molecule has 1 aliphatic rings. The van der Waals surface area contributed by atoms with Gasteiger partial charge in [-0.25, -0.2) is 0 Å². The van der Waals surface area contributed by atoms with E-state index in [2.05, 4.69) is 219 Å². The van der Waals surface area contributed by atoms with E-state index >= 15 is 0 Å². The first-order chi connectivity index (χ1) is 30.4. The Hall–Kier alpha value is -7.42. The van der Waals surface area contributed by atoms with Gasteiger partial charge in [-0.1, -0.05) is 166 Å². The van der Waals surface area contributed by atoms with Crippen LogP contribution in [0.1, 0.15) is 44.1 Å². The smallest absolute Gasteiger partial charge is 0.142 e. The zero-order valence-electron chi connectivity index (χ0n) is 35.2. The van der Waals surface area contributed by atoms with Crippen LogP contribution in [0.25, 0.3) is 111 Å². The average Bonchev–Trinajstić information content (AvgIpc) is 3.86. The molecule has 2 nitrogen and oxygen atoms in total.